The summed E-state index contributed by atoms with van der Waals surface area (Å²) in [4.78, 5) is 20.8. The maximum atomic E-state index is 12.8. The highest BCUT2D eigenvalue weighted by atomic mass is 32.1. The second-order valence-corrected chi connectivity index (χ2v) is 17.4. The summed E-state index contributed by atoms with van der Waals surface area (Å²) < 4.78 is 11.9. The molecule has 4 heterocycles. The molecule has 302 valence electrons. The van der Waals surface area contributed by atoms with Crippen LogP contribution in [-0.2, 0) is 19.3 Å². The smallest absolute Gasteiger partial charge is 0.266 e. The number of anilines is 1. The van der Waals surface area contributed by atoms with Crippen LogP contribution in [0.1, 0.15) is 114 Å². The van der Waals surface area contributed by atoms with Gasteiger partial charge in [0.2, 0.25) is 6.79 Å². The average molecular weight is 786 g/mol. The minimum atomic E-state index is 0.0225. The highest BCUT2D eigenvalue weighted by Gasteiger charge is 2.20. The quantitative estimate of drug-likeness (QED) is 0.178. The van der Waals surface area contributed by atoms with Crippen molar-refractivity contribution in [1.82, 2.24) is 9.55 Å². The molecule has 57 heavy (non-hydrogen) atoms. The normalized spacial score (nSPS) is 13.3. The summed E-state index contributed by atoms with van der Waals surface area (Å²) in [5, 5.41) is 2.62. The summed E-state index contributed by atoms with van der Waals surface area (Å²) in [5.41, 5.74) is 9.64. The third kappa shape index (κ3) is 11.4. The first-order chi connectivity index (χ1) is 27.3. The molecule has 4 aromatic carbocycles. The van der Waals surface area contributed by atoms with Crippen molar-refractivity contribution in [2.75, 3.05) is 18.2 Å². The first-order valence-corrected chi connectivity index (χ1v) is 21.6. The zero-order valence-electron chi connectivity index (χ0n) is 35.8. The van der Waals surface area contributed by atoms with Crippen molar-refractivity contribution in [3.8, 4) is 17.2 Å². The molecule has 1 aliphatic carbocycles. The van der Waals surface area contributed by atoms with Gasteiger partial charge in [-0.3, -0.25) is 9.36 Å². The van der Waals surface area contributed by atoms with E-state index in [1.54, 1.807) is 15.7 Å². The van der Waals surface area contributed by atoms with Gasteiger partial charge in [0.05, 0.1) is 11.1 Å². The Bertz CT molecular complexity index is 2220. The number of benzene rings is 4. The van der Waals surface area contributed by atoms with Gasteiger partial charge in [0.15, 0.2) is 11.5 Å². The second-order valence-electron chi connectivity index (χ2n) is 16.5. The molecule has 2 aliphatic heterocycles. The molecule has 0 saturated heterocycles. The standard InChI is InChI=1S/C16H16N2OS.C12H16.C11H15N.C7H6O2.C4H10/c1-10(2)14-17-15-12(8-9-20-15)16(19)18(14)13-7-5-4-6-11(13)3;1-9(2)11-7-6-10-4-3-5-12(10)8-11;1-9(2)12-8-7-10-5-3-4-6-11(10)12;1-2-4-7-6(3-1)8-5-9-7;1-4(2)3/h4-10H,1-3H3;6-9H,3-5H2,1-2H3;3-6,9H,7-8H2,1-2H3;1-4H,5H2;4H,1-3H3. The lowest BCUT2D eigenvalue weighted by molar-refractivity contribution is 0.174. The van der Waals surface area contributed by atoms with Crippen LogP contribution in [0, 0.1) is 12.8 Å². The van der Waals surface area contributed by atoms with E-state index >= 15 is 0 Å². The summed E-state index contributed by atoms with van der Waals surface area (Å²) >= 11 is 1.52. The van der Waals surface area contributed by atoms with Crippen molar-refractivity contribution in [2.45, 2.75) is 113 Å². The summed E-state index contributed by atoms with van der Waals surface area (Å²) in [5.74, 6) is 4.21. The van der Waals surface area contributed by atoms with Crippen molar-refractivity contribution >= 4 is 27.2 Å². The Morgan fingerprint density at radius 3 is 1.91 bits per heavy atom. The van der Waals surface area contributed by atoms with E-state index in [4.69, 9.17) is 14.5 Å². The number of fused-ring (bicyclic) bond motifs is 4. The molecule has 0 amide bonds. The Morgan fingerprint density at radius 1 is 0.667 bits per heavy atom. The van der Waals surface area contributed by atoms with E-state index in [1.807, 2.05) is 66.9 Å². The summed E-state index contributed by atoms with van der Waals surface area (Å²) in [6, 6.07) is 33.8. The van der Waals surface area contributed by atoms with Crippen molar-refractivity contribution < 1.29 is 9.47 Å². The number of hydrogen-bond acceptors (Lipinski definition) is 6. The zero-order valence-corrected chi connectivity index (χ0v) is 36.7. The zero-order chi connectivity index (χ0) is 41.1. The van der Waals surface area contributed by atoms with Crippen LogP contribution in [-0.4, -0.2) is 28.9 Å². The van der Waals surface area contributed by atoms with E-state index in [-0.39, 0.29) is 11.5 Å². The van der Waals surface area contributed by atoms with Crippen LogP contribution in [0.2, 0.25) is 0 Å². The molecule has 0 radical (unpaired) electrons. The molecular formula is C50H63N3O3S. The van der Waals surface area contributed by atoms with E-state index in [0.29, 0.717) is 24.1 Å². The minimum absolute atomic E-state index is 0.0225. The molecule has 7 heteroatoms. The Balaban J connectivity index is 0.000000146. The monoisotopic (exact) mass is 785 g/mol. The fourth-order valence-electron chi connectivity index (χ4n) is 7.06. The van der Waals surface area contributed by atoms with Gasteiger partial charge in [0, 0.05) is 24.2 Å². The van der Waals surface area contributed by atoms with Gasteiger partial charge in [0.25, 0.3) is 5.56 Å². The first kappa shape index (κ1) is 43.2. The van der Waals surface area contributed by atoms with Crippen molar-refractivity contribution in [2.24, 2.45) is 5.92 Å². The second kappa shape index (κ2) is 20.5. The highest BCUT2D eigenvalue weighted by molar-refractivity contribution is 7.16. The molecule has 6 aromatic rings. The topological polar surface area (TPSA) is 56.6 Å². The number of ether oxygens (including phenoxy) is 2. The molecule has 0 atom stereocenters. The van der Waals surface area contributed by atoms with Gasteiger partial charge in [-0.2, -0.15) is 0 Å². The van der Waals surface area contributed by atoms with Crippen LogP contribution in [0.4, 0.5) is 5.69 Å². The molecule has 0 N–H and O–H groups in total. The van der Waals surface area contributed by atoms with Gasteiger partial charge < -0.3 is 14.4 Å². The SMILES string of the molecule is CC(C)C.CC(C)N1CCc2ccccc21.CC(C)c1ccc2c(c1)CCC2.Cc1ccccc1-n1c(C(C)C)nc2sccc2c1=O.c1ccc2c(c1)OCO2. The number of aryl methyl sites for hydroxylation is 3. The van der Waals surface area contributed by atoms with Crippen LogP contribution < -0.4 is 19.9 Å². The molecule has 0 spiro atoms. The van der Waals surface area contributed by atoms with E-state index in [9.17, 15) is 4.79 Å². The van der Waals surface area contributed by atoms with Gasteiger partial charge in [0.1, 0.15) is 10.7 Å². The lowest BCUT2D eigenvalue weighted by Crippen LogP contribution is -2.28. The lowest BCUT2D eigenvalue weighted by Gasteiger charge is -2.23. The molecular weight excluding hydrogens is 723 g/mol. The van der Waals surface area contributed by atoms with Crippen molar-refractivity contribution in [3.63, 3.8) is 0 Å². The molecule has 3 aliphatic rings. The van der Waals surface area contributed by atoms with Gasteiger partial charge in [-0.15, -0.1) is 11.3 Å². The third-order valence-electron chi connectivity index (χ3n) is 10.0. The number of para-hydroxylation sites is 4. The van der Waals surface area contributed by atoms with Gasteiger partial charge >= 0.3 is 0 Å². The van der Waals surface area contributed by atoms with E-state index < -0.39 is 0 Å². The van der Waals surface area contributed by atoms with E-state index in [0.717, 1.165) is 39.3 Å². The molecule has 0 saturated carbocycles. The molecule has 0 fully saturated rings. The summed E-state index contributed by atoms with van der Waals surface area (Å²) in [6.45, 7) is 23.2. The van der Waals surface area contributed by atoms with Crippen LogP contribution in [0.25, 0.3) is 15.9 Å². The van der Waals surface area contributed by atoms with Crippen molar-refractivity contribution in [3.05, 3.63) is 146 Å². The van der Waals surface area contributed by atoms with Crippen molar-refractivity contribution in [1.29, 1.82) is 0 Å². The van der Waals surface area contributed by atoms with Crippen LogP contribution >= 0.6 is 11.3 Å². The molecule has 2 aromatic heterocycles. The third-order valence-corrected chi connectivity index (χ3v) is 10.8. The number of nitrogens with zero attached hydrogens (tertiary/aromatic N) is 3. The Hall–Kier alpha value is -4.88. The minimum Gasteiger partial charge on any atom is -0.454 e. The Morgan fingerprint density at radius 2 is 1.28 bits per heavy atom. The van der Waals surface area contributed by atoms with E-state index in [2.05, 4.69) is 110 Å². The Labute approximate surface area is 345 Å². The fraction of sp³-hybridized carbons (Fsp3) is 0.400. The van der Waals surface area contributed by atoms with Gasteiger partial charge in [-0.05, 0) is 122 Å². The molecule has 0 bridgehead atoms. The van der Waals surface area contributed by atoms with Crippen LogP contribution in [0.15, 0.2) is 107 Å². The Kier molecular flexibility index (Phi) is 15.6. The molecule has 6 nitrogen and oxygen atoms in total. The number of rotatable bonds is 4. The highest BCUT2D eigenvalue weighted by Crippen LogP contribution is 2.31. The fourth-order valence-corrected chi connectivity index (χ4v) is 7.82. The first-order valence-electron chi connectivity index (χ1n) is 20.7. The number of thiophene rings is 1. The van der Waals surface area contributed by atoms with Gasteiger partial charge in [-0.1, -0.05) is 115 Å². The molecule has 0 unspecified atom stereocenters. The maximum Gasteiger partial charge on any atom is 0.266 e. The predicted molar refractivity (Wildman–Crippen MR) is 242 cm³/mol. The predicted octanol–water partition coefficient (Wildman–Crippen LogP) is 12.7. The summed E-state index contributed by atoms with van der Waals surface area (Å²) in [7, 11) is 0. The lowest BCUT2D eigenvalue weighted by atomic mass is 9.99. The van der Waals surface area contributed by atoms with Crippen LogP contribution in [0.5, 0.6) is 11.5 Å². The van der Waals surface area contributed by atoms with Crippen LogP contribution in [0.3, 0.4) is 0 Å². The largest absolute Gasteiger partial charge is 0.454 e. The average Bonchev–Trinajstić information content (AvgIpc) is 4.02. The summed E-state index contributed by atoms with van der Waals surface area (Å²) in [6.07, 6.45) is 5.18. The van der Waals surface area contributed by atoms with Gasteiger partial charge in [-0.25, -0.2) is 4.98 Å². The maximum absolute atomic E-state index is 12.8. The number of aromatic nitrogens is 2. The number of hydrogen-bond donors (Lipinski definition) is 0. The van der Waals surface area contributed by atoms with E-state index in [1.165, 1.54) is 60.4 Å². The molecule has 9 rings (SSSR count).